The molecule has 0 saturated carbocycles. The van der Waals surface area contributed by atoms with E-state index < -0.39 is 12.0 Å². The average molecular weight is 329 g/mol. The zero-order valence-electron chi connectivity index (χ0n) is 10.9. The Kier molecular flexibility index (Phi) is 4.92. The molecule has 1 heterocycles. The highest BCUT2D eigenvalue weighted by Gasteiger charge is 2.14. The zero-order chi connectivity index (χ0) is 15.4. The van der Waals surface area contributed by atoms with Crippen LogP contribution in [-0.4, -0.2) is 39.0 Å². The van der Waals surface area contributed by atoms with E-state index in [4.69, 9.17) is 22.4 Å². The number of benzene rings is 1. The first-order chi connectivity index (χ1) is 9.99. The number of nitrogens with two attached hydrogens (primary N) is 1. The first kappa shape index (κ1) is 15.5. The summed E-state index contributed by atoms with van der Waals surface area (Å²) in [6, 6.07) is 4.73. The number of carboxylic acids is 1. The summed E-state index contributed by atoms with van der Waals surface area (Å²) in [7, 11) is 0. The van der Waals surface area contributed by atoms with Crippen LogP contribution >= 0.6 is 23.4 Å². The third kappa shape index (κ3) is 3.79. The molecule has 1 aromatic carbocycles. The molecular weight excluding hydrogens is 316 g/mol. The number of rotatable bonds is 6. The van der Waals surface area contributed by atoms with Crippen molar-refractivity contribution in [3.63, 3.8) is 0 Å². The van der Waals surface area contributed by atoms with Gasteiger partial charge in [0.1, 0.15) is 5.52 Å². The van der Waals surface area contributed by atoms with Crippen molar-refractivity contribution in [2.75, 3.05) is 12.3 Å². The monoisotopic (exact) mass is 328 g/mol. The summed E-state index contributed by atoms with van der Waals surface area (Å²) in [5, 5.41) is 12.3. The lowest BCUT2D eigenvalue weighted by atomic mass is 10.3. The number of amides is 2. The van der Waals surface area contributed by atoms with E-state index in [1.807, 2.05) is 10.6 Å². The van der Waals surface area contributed by atoms with E-state index in [9.17, 15) is 9.59 Å². The van der Waals surface area contributed by atoms with Crippen molar-refractivity contribution in [1.82, 2.24) is 14.9 Å². The van der Waals surface area contributed by atoms with E-state index in [-0.39, 0.29) is 5.75 Å². The van der Waals surface area contributed by atoms with Gasteiger partial charge in [0.15, 0.2) is 5.16 Å². The lowest BCUT2D eigenvalue weighted by molar-refractivity contribution is -0.133. The molecule has 2 rings (SSSR count). The van der Waals surface area contributed by atoms with Gasteiger partial charge in [0.25, 0.3) is 0 Å². The van der Waals surface area contributed by atoms with Crippen LogP contribution in [0.2, 0.25) is 5.02 Å². The van der Waals surface area contributed by atoms with Crippen molar-refractivity contribution >= 4 is 46.4 Å². The maximum atomic E-state index is 10.7. The Balaban J connectivity index is 2.32. The molecule has 2 aromatic rings. The molecule has 9 heteroatoms. The molecule has 0 aliphatic rings. The molecule has 0 saturated heterocycles. The van der Waals surface area contributed by atoms with Crippen molar-refractivity contribution in [3.8, 4) is 0 Å². The molecule has 0 aliphatic heterocycles. The van der Waals surface area contributed by atoms with Gasteiger partial charge in [-0.2, -0.15) is 0 Å². The number of carbonyl (C=O) groups excluding carboxylic acids is 1. The normalized spacial score (nSPS) is 10.7. The van der Waals surface area contributed by atoms with Gasteiger partial charge in [0.05, 0.1) is 16.3 Å². The molecule has 1 aromatic heterocycles. The summed E-state index contributed by atoms with van der Waals surface area (Å²) >= 11 is 7.20. The van der Waals surface area contributed by atoms with Crippen LogP contribution in [0.5, 0.6) is 0 Å². The second-order valence-electron chi connectivity index (χ2n) is 4.13. The van der Waals surface area contributed by atoms with Gasteiger partial charge in [-0.05, 0) is 12.1 Å². The summed E-state index contributed by atoms with van der Waals surface area (Å²) in [5.41, 5.74) is 6.41. The molecule has 4 N–H and O–H groups in total. The Morgan fingerprint density at radius 1 is 1.48 bits per heavy atom. The average Bonchev–Trinajstić information content (AvgIpc) is 2.76. The number of carboxylic acid groups (broad SMARTS) is 1. The lowest BCUT2D eigenvalue weighted by Gasteiger charge is -2.08. The number of aliphatic carboxylic acids is 1. The summed E-state index contributed by atoms with van der Waals surface area (Å²) in [5.74, 6) is -1.04. The molecule has 0 unspecified atom stereocenters. The van der Waals surface area contributed by atoms with E-state index in [2.05, 4.69) is 10.3 Å². The number of hydrogen-bond donors (Lipinski definition) is 3. The van der Waals surface area contributed by atoms with Crippen molar-refractivity contribution in [3.05, 3.63) is 23.2 Å². The largest absolute Gasteiger partial charge is 0.481 e. The molecule has 0 fully saturated rings. The number of nitrogens with zero attached hydrogens (tertiary/aromatic N) is 2. The number of nitrogens with one attached hydrogen (secondary N) is 1. The van der Waals surface area contributed by atoms with Gasteiger partial charge in [0, 0.05) is 13.1 Å². The number of para-hydroxylation sites is 1. The first-order valence-electron chi connectivity index (χ1n) is 6.01. The molecule has 0 atom stereocenters. The number of thioether (sulfide) groups is 1. The Hall–Kier alpha value is -1.93. The van der Waals surface area contributed by atoms with Crippen molar-refractivity contribution < 1.29 is 14.7 Å². The van der Waals surface area contributed by atoms with Crippen molar-refractivity contribution in [2.24, 2.45) is 5.73 Å². The number of halogens is 1. The van der Waals surface area contributed by atoms with Crippen LogP contribution < -0.4 is 11.1 Å². The number of primary amides is 1. The predicted molar refractivity (Wildman–Crippen MR) is 80.7 cm³/mol. The second kappa shape index (κ2) is 6.68. The summed E-state index contributed by atoms with van der Waals surface area (Å²) in [6.07, 6.45) is 0. The van der Waals surface area contributed by atoms with Gasteiger partial charge in [-0.1, -0.05) is 29.4 Å². The van der Waals surface area contributed by atoms with E-state index in [1.165, 1.54) is 0 Å². The fraction of sp³-hybridized carbons (Fsp3) is 0.250. The number of carbonyl (C=O) groups is 2. The van der Waals surface area contributed by atoms with Crippen molar-refractivity contribution in [1.29, 1.82) is 0 Å². The van der Waals surface area contributed by atoms with E-state index >= 15 is 0 Å². The Labute approximate surface area is 129 Å². The third-order valence-corrected chi connectivity index (χ3v) is 3.92. The molecule has 112 valence electrons. The minimum absolute atomic E-state index is 0.107. The SMILES string of the molecule is NC(=O)NCCn1c(SCC(=O)O)nc2c(Cl)cccc21. The number of hydrogen-bond acceptors (Lipinski definition) is 4. The fourth-order valence-corrected chi connectivity index (χ4v) is 2.80. The Morgan fingerprint density at radius 3 is 2.90 bits per heavy atom. The molecule has 2 amide bonds. The van der Waals surface area contributed by atoms with Gasteiger partial charge in [-0.3, -0.25) is 4.79 Å². The molecule has 0 spiro atoms. The van der Waals surface area contributed by atoms with Crippen LogP contribution in [0.4, 0.5) is 4.79 Å². The van der Waals surface area contributed by atoms with Gasteiger partial charge in [0.2, 0.25) is 0 Å². The standard InChI is InChI=1S/C12H13ClN4O3S/c13-7-2-1-3-8-10(7)16-12(21-6-9(18)19)17(8)5-4-15-11(14)20/h1-3H,4-6H2,(H,18,19)(H3,14,15,20). The van der Waals surface area contributed by atoms with Crippen LogP contribution in [0, 0.1) is 0 Å². The highest BCUT2D eigenvalue weighted by molar-refractivity contribution is 7.99. The first-order valence-corrected chi connectivity index (χ1v) is 7.38. The quantitative estimate of drug-likeness (QED) is 0.696. The number of aromatic nitrogens is 2. The fourth-order valence-electron chi connectivity index (χ4n) is 1.83. The second-order valence-corrected chi connectivity index (χ2v) is 5.48. The maximum Gasteiger partial charge on any atom is 0.313 e. The van der Waals surface area contributed by atoms with Gasteiger partial charge in [-0.15, -0.1) is 0 Å². The molecule has 0 radical (unpaired) electrons. The van der Waals surface area contributed by atoms with Crippen LogP contribution in [0.3, 0.4) is 0 Å². The molecule has 0 bridgehead atoms. The Morgan fingerprint density at radius 2 is 2.24 bits per heavy atom. The van der Waals surface area contributed by atoms with Crippen LogP contribution in [-0.2, 0) is 11.3 Å². The van der Waals surface area contributed by atoms with Crippen LogP contribution in [0.15, 0.2) is 23.4 Å². The van der Waals surface area contributed by atoms with Crippen LogP contribution in [0.25, 0.3) is 11.0 Å². The smallest absolute Gasteiger partial charge is 0.313 e. The van der Waals surface area contributed by atoms with Crippen LogP contribution in [0.1, 0.15) is 0 Å². The lowest BCUT2D eigenvalue weighted by Crippen LogP contribution is -2.32. The van der Waals surface area contributed by atoms with E-state index in [0.717, 1.165) is 17.3 Å². The summed E-state index contributed by atoms with van der Waals surface area (Å²) in [4.78, 5) is 25.8. The predicted octanol–water partition coefficient (Wildman–Crippen LogP) is 1.53. The molecule has 0 aliphatic carbocycles. The van der Waals surface area contributed by atoms with Crippen molar-refractivity contribution in [2.45, 2.75) is 11.7 Å². The zero-order valence-corrected chi connectivity index (χ0v) is 12.4. The minimum atomic E-state index is -0.931. The van der Waals surface area contributed by atoms with Gasteiger partial charge < -0.3 is 20.7 Å². The van der Waals surface area contributed by atoms with E-state index in [0.29, 0.717) is 28.8 Å². The summed E-state index contributed by atoms with van der Waals surface area (Å²) in [6.45, 7) is 0.732. The topological polar surface area (TPSA) is 110 Å². The third-order valence-electron chi connectivity index (χ3n) is 2.65. The molecular formula is C12H13ClN4O3S. The van der Waals surface area contributed by atoms with Gasteiger partial charge >= 0.3 is 12.0 Å². The molecule has 21 heavy (non-hydrogen) atoms. The Bertz CT molecular complexity index is 688. The number of urea groups is 1. The highest BCUT2D eigenvalue weighted by Crippen LogP contribution is 2.28. The minimum Gasteiger partial charge on any atom is -0.481 e. The summed E-state index contributed by atoms with van der Waals surface area (Å²) < 4.78 is 1.81. The number of imidazole rings is 1. The van der Waals surface area contributed by atoms with E-state index in [1.54, 1.807) is 12.1 Å². The molecule has 7 nitrogen and oxygen atoms in total. The maximum absolute atomic E-state index is 10.7. The van der Waals surface area contributed by atoms with Gasteiger partial charge in [-0.25, -0.2) is 9.78 Å². The highest BCUT2D eigenvalue weighted by atomic mass is 35.5. The number of fused-ring (bicyclic) bond motifs is 1.